The van der Waals surface area contributed by atoms with E-state index in [1.807, 2.05) is 83.4 Å². The zero-order valence-electron chi connectivity index (χ0n) is 18.4. The molecule has 4 aromatic rings. The van der Waals surface area contributed by atoms with Gasteiger partial charge < -0.3 is 10.1 Å². The number of carbonyl (C=O) groups excluding carboxylic acids is 1. The zero-order chi connectivity index (χ0) is 23.6. The van der Waals surface area contributed by atoms with E-state index in [4.69, 9.17) is 10.00 Å². The fourth-order valence-corrected chi connectivity index (χ4v) is 4.03. The Hall–Kier alpha value is -4.09. The van der Waals surface area contributed by atoms with Crippen molar-refractivity contribution in [2.24, 2.45) is 0 Å². The Morgan fingerprint density at radius 3 is 2.53 bits per heavy atom. The van der Waals surface area contributed by atoms with Crippen molar-refractivity contribution in [3.05, 3.63) is 84.9 Å². The van der Waals surface area contributed by atoms with Crippen LogP contribution in [-0.4, -0.2) is 33.0 Å². The topological polar surface area (TPSA) is 92.8 Å². The highest BCUT2D eigenvalue weighted by Gasteiger charge is 2.17. The summed E-state index contributed by atoms with van der Waals surface area (Å²) in [5.74, 6) is 1.39. The van der Waals surface area contributed by atoms with Crippen LogP contribution in [0.3, 0.4) is 0 Å². The van der Waals surface area contributed by atoms with Crippen LogP contribution in [0.2, 0.25) is 0 Å². The quantitative estimate of drug-likeness (QED) is 0.249. The molecule has 0 radical (unpaired) electrons. The molecule has 170 valence electrons. The Morgan fingerprint density at radius 1 is 1.00 bits per heavy atom. The van der Waals surface area contributed by atoms with Crippen LogP contribution in [0.25, 0.3) is 17.1 Å². The van der Waals surface area contributed by atoms with Crippen molar-refractivity contribution in [1.82, 2.24) is 14.8 Å². The first-order valence-corrected chi connectivity index (χ1v) is 11.8. The molecule has 0 bridgehead atoms. The summed E-state index contributed by atoms with van der Waals surface area (Å²) >= 11 is 1.32. The number of aromatic nitrogens is 3. The average Bonchev–Trinajstić information content (AvgIpc) is 3.31. The van der Waals surface area contributed by atoms with E-state index in [0.29, 0.717) is 36.0 Å². The molecule has 1 amide bonds. The maximum Gasteiger partial charge on any atom is 0.234 e. The highest BCUT2D eigenvalue weighted by atomic mass is 32.2. The standard InChI is InChI=1S/C26H23N5O2S/c27-16-7-8-17-33-23-15-9-12-21(18-23)28-24(32)19-34-26-30-29-25(20-10-3-1-4-11-20)31(26)22-13-5-2-6-14-22/h1-6,9-15,18H,7-8,17,19H2,(H,28,32). The summed E-state index contributed by atoms with van der Waals surface area (Å²) in [6.07, 6.45) is 1.12. The minimum absolute atomic E-state index is 0.157. The number of hydrogen-bond acceptors (Lipinski definition) is 6. The molecule has 1 aromatic heterocycles. The molecule has 1 heterocycles. The van der Waals surface area contributed by atoms with Gasteiger partial charge in [-0.3, -0.25) is 9.36 Å². The lowest BCUT2D eigenvalue weighted by molar-refractivity contribution is -0.113. The van der Waals surface area contributed by atoms with Crippen molar-refractivity contribution >= 4 is 23.4 Å². The third-order valence-electron chi connectivity index (χ3n) is 4.83. The summed E-state index contributed by atoms with van der Waals surface area (Å²) < 4.78 is 7.60. The van der Waals surface area contributed by atoms with Gasteiger partial charge >= 0.3 is 0 Å². The van der Waals surface area contributed by atoms with Gasteiger partial charge in [-0.2, -0.15) is 5.26 Å². The Labute approximate surface area is 202 Å². The first-order chi connectivity index (χ1) is 16.7. The molecule has 0 fully saturated rings. The van der Waals surface area contributed by atoms with Gasteiger partial charge in [0.05, 0.1) is 18.4 Å². The maximum atomic E-state index is 12.7. The number of nitriles is 1. The summed E-state index contributed by atoms with van der Waals surface area (Å²) in [6, 6.07) is 29.0. The number of carbonyl (C=O) groups is 1. The maximum absolute atomic E-state index is 12.7. The van der Waals surface area contributed by atoms with E-state index in [9.17, 15) is 4.79 Å². The first-order valence-electron chi connectivity index (χ1n) is 10.8. The molecule has 0 saturated carbocycles. The largest absolute Gasteiger partial charge is 0.493 e. The van der Waals surface area contributed by atoms with Crippen LogP contribution in [-0.2, 0) is 4.79 Å². The molecular weight excluding hydrogens is 446 g/mol. The lowest BCUT2D eigenvalue weighted by atomic mass is 10.2. The van der Waals surface area contributed by atoms with Crippen LogP contribution in [0.4, 0.5) is 5.69 Å². The van der Waals surface area contributed by atoms with E-state index in [2.05, 4.69) is 21.6 Å². The minimum Gasteiger partial charge on any atom is -0.493 e. The van der Waals surface area contributed by atoms with Crippen molar-refractivity contribution in [3.8, 4) is 28.9 Å². The lowest BCUT2D eigenvalue weighted by Crippen LogP contribution is -2.14. The number of hydrogen-bond donors (Lipinski definition) is 1. The number of benzene rings is 3. The monoisotopic (exact) mass is 469 g/mol. The second-order valence-electron chi connectivity index (χ2n) is 7.32. The number of ether oxygens (including phenoxy) is 1. The van der Waals surface area contributed by atoms with Crippen molar-refractivity contribution < 1.29 is 9.53 Å². The molecule has 0 unspecified atom stereocenters. The summed E-state index contributed by atoms with van der Waals surface area (Å²) in [5.41, 5.74) is 2.52. The van der Waals surface area contributed by atoms with Gasteiger partial charge in [0.1, 0.15) is 5.75 Å². The Bertz CT molecular complexity index is 1270. The summed E-state index contributed by atoms with van der Waals surface area (Å²) in [7, 11) is 0. The predicted octanol–water partition coefficient (Wildman–Crippen LogP) is 5.35. The number of rotatable bonds is 10. The van der Waals surface area contributed by atoms with Gasteiger partial charge in [0.15, 0.2) is 11.0 Å². The molecule has 0 saturated heterocycles. The van der Waals surface area contributed by atoms with Gasteiger partial charge in [0.25, 0.3) is 0 Å². The van der Waals surface area contributed by atoms with Crippen molar-refractivity contribution in [3.63, 3.8) is 0 Å². The summed E-state index contributed by atoms with van der Waals surface area (Å²) in [5, 5.41) is 20.9. The third-order valence-corrected chi connectivity index (χ3v) is 5.76. The Kier molecular flexibility index (Phi) is 7.93. The van der Waals surface area contributed by atoms with E-state index in [1.165, 1.54) is 11.8 Å². The first kappa shape index (κ1) is 23.1. The number of nitrogens with one attached hydrogen (secondary N) is 1. The van der Waals surface area contributed by atoms with Crippen molar-refractivity contribution in [2.45, 2.75) is 18.0 Å². The van der Waals surface area contributed by atoms with Crippen LogP contribution in [0.5, 0.6) is 5.75 Å². The van der Waals surface area contributed by atoms with Gasteiger partial charge in [0.2, 0.25) is 5.91 Å². The van der Waals surface area contributed by atoms with E-state index in [0.717, 1.165) is 17.1 Å². The molecule has 0 aliphatic carbocycles. The highest BCUT2D eigenvalue weighted by molar-refractivity contribution is 7.99. The number of nitrogens with zero attached hydrogens (tertiary/aromatic N) is 4. The van der Waals surface area contributed by atoms with Gasteiger partial charge in [-0.1, -0.05) is 66.4 Å². The summed E-state index contributed by atoms with van der Waals surface area (Å²) in [6.45, 7) is 0.458. The van der Waals surface area contributed by atoms with Gasteiger partial charge in [0, 0.05) is 29.4 Å². The van der Waals surface area contributed by atoms with Crippen LogP contribution >= 0.6 is 11.8 Å². The molecule has 7 nitrogen and oxygen atoms in total. The van der Waals surface area contributed by atoms with E-state index in [-0.39, 0.29) is 11.7 Å². The minimum atomic E-state index is -0.157. The second kappa shape index (κ2) is 11.7. The molecular formula is C26H23N5O2S. The highest BCUT2D eigenvalue weighted by Crippen LogP contribution is 2.28. The van der Waals surface area contributed by atoms with E-state index < -0.39 is 0 Å². The molecule has 0 aliphatic heterocycles. The average molecular weight is 470 g/mol. The van der Waals surface area contributed by atoms with Gasteiger partial charge in [-0.15, -0.1) is 10.2 Å². The fraction of sp³-hybridized carbons (Fsp3) is 0.154. The van der Waals surface area contributed by atoms with Gasteiger partial charge in [-0.25, -0.2) is 0 Å². The van der Waals surface area contributed by atoms with Gasteiger partial charge in [-0.05, 0) is 30.7 Å². The van der Waals surface area contributed by atoms with Crippen LogP contribution in [0, 0.1) is 11.3 Å². The molecule has 4 rings (SSSR count). The number of anilines is 1. The van der Waals surface area contributed by atoms with Crippen LogP contribution < -0.4 is 10.1 Å². The molecule has 3 aromatic carbocycles. The number of thioether (sulfide) groups is 1. The fourth-order valence-electron chi connectivity index (χ4n) is 3.28. The smallest absolute Gasteiger partial charge is 0.234 e. The van der Waals surface area contributed by atoms with Crippen LogP contribution in [0.15, 0.2) is 90.1 Å². The normalized spacial score (nSPS) is 10.4. The molecule has 34 heavy (non-hydrogen) atoms. The molecule has 0 atom stereocenters. The lowest BCUT2D eigenvalue weighted by Gasteiger charge is -2.11. The SMILES string of the molecule is N#CCCCOc1cccc(NC(=O)CSc2nnc(-c3ccccc3)n2-c2ccccc2)c1. The number of amides is 1. The Morgan fingerprint density at radius 2 is 1.76 bits per heavy atom. The van der Waals surface area contributed by atoms with E-state index >= 15 is 0 Å². The molecule has 1 N–H and O–H groups in total. The second-order valence-corrected chi connectivity index (χ2v) is 8.26. The predicted molar refractivity (Wildman–Crippen MR) is 133 cm³/mol. The van der Waals surface area contributed by atoms with Crippen molar-refractivity contribution in [1.29, 1.82) is 5.26 Å². The molecule has 0 aliphatic rings. The zero-order valence-corrected chi connectivity index (χ0v) is 19.2. The third kappa shape index (κ3) is 6.03. The molecule has 8 heteroatoms. The number of para-hydroxylation sites is 1. The Balaban J connectivity index is 1.44. The van der Waals surface area contributed by atoms with Crippen molar-refractivity contribution in [2.75, 3.05) is 17.7 Å². The number of unbranched alkanes of at least 4 members (excludes halogenated alkanes) is 1. The van der Waals surface area contributed by atoms with Crippen LogP contribution in [0.1, 0.15) is 12.8 Å². The van der Waals surface area contributed by atoms with E-state index in [1.54, 1.807) is 6.07 Å². The summed E-state index contributed by atoms with van der Waals surface area (Å²) in [4.78, 5) is 12.7. The molecule has 0 spiro atoms.